The van der Waals surface area contributed by atoms with E-state index in [0.717, 1.165) is 12.1 Å². The van der Waals surface area contributed by atoms with Gasteiger partial charge in [-0.1, -0.05) is 12.1 Å². The van der Waals surface area contributed by atoms with E-state index < -0.39 is 11.7 Å². The van der Waals surface area contributed by atoms with Gasteiger partial charge in [0.2, 0.25) is 0 Å². The highest BCUT2D eigenvalue weighted by atomic mass is 79.9. The number of nitrogens with two attached hydrogens (primary N) is 1. The minimum atomic E-state index is -4.33. The molecular weight excluding hydrogens is 309 g/mol. The second-order valence-corrected chi connectivity index (χ2v) is 4.48. The summed E-state index contributed by atoms with van der Waals surface area (Å²) < 4.78 is 37.8. The predicted molar refractivity (Wildman–Crippen MR) is 66.8 cm³/mol. The van der Waals surface area contributed by atoms with Crippen LogP contribution in [0.25, 0.3) is 11.1 Å². The molecule has 2 N–H and O–H groups in total. The van der Waals surface area contributed by atoms with E-state index in [0.29, 0.717) is 21.4 Å². The Labute approximate surface area is 110 Å². The average Bonchev–Trinajstić information content (AvgIpc) is 2.31. The van der Waals surface area contributed by atoms with Crippen molar-refractivity contribution in [1.82, 2.24) is 4.98 Å². The molecule has 94 valence electrons. The Morgan fingerprint density at radius 1 is 1.11 bits per heavy atom. The third-order valence-electron chi connectivity index (χ3n) is 2.42. The molecule has 0 radical (unpaired) electrons. The molecule has 2 nitrogen and oxygen atoms in total. The Balaban J connectivity index is 2.43. The molecule has 0 bridgehead atoms. The maximum Gasteiger partial charge on any atom is 0.416 e. The first-order valence-electron chi connectivity index (χ1n) is 4.96. The number of nitrogens with zero attached hydrogens (tertiary/aromatic N) is 1. The van der Waals surface area contributed by atoms with Gasteiger partial charge in [0.1, 0.15) is 4.60 Å². The van der Waals surface area contributed by atoms with Gasteiger partial charge in [0, 0.05) is 5.56 Å². The van der Waals surface area contributed by atoms with Crippen LogP contribution in [0.1, 0.15) is 5.56 Å². The molecule has 18 heavy (non-hydrogen) atoms. The van der Waals surface area contributed by atoms with Crippen molar-refractivity contribution in [2.24, 2.45) is 0 Å². The highest BCUT2D eigenvalue weighted by Gasteiger charge is 2.30. The van der Waals surface area contributed by atoms with Crippen LogP contribution in [0.4, 0.5) is 18.9 Å². The monoisotopic (exact) mass is 316 g/mol. The second-order valence-electron chi connectivity index (χ2n) is 3.67. The molecule has 0 aliphatic carbocycles. The lowest BCUT2D eigenvalue weighted by Crippen LogP contribution is -2.04. The summed E-state index contributed by atoms with van der Waals surface area (Å²) in [4.78, 5) is 3.93. The zero-order valence-corrected chi connectivity index (χ0v) is 10.6. The molecule has 1 heterocycles. The van der Waals surface area contributed by atoms with Gasteiger partial charge in [0.05, 0.1) is 17.4 Å². The zero-order valence-electron chi connectivity index (χ0n) is 9.00. The van der Waals surface area contributed by atoms with E-state index >= 15 is 0 Å². The van der Waals surface area contributed by atoms with Crippen molar-refractivity contribution in [3.63, 3.8) is 0 Å². The quantitative estimate of drug-likeness (QED) is 0.804. The zero-order chi connectivity index (χ0) is 13.3. The molecule has 0 saturated carbocycles. The molecule has 2 aromatic rings. The number of pyridine rings is 1. The van der Waals surface area contributed by atoms with Crippen LogP contribution >= 0.6 is 15.9 Å². The molecule has 0 amide bonds. The van der Waals surface area contributed by atoms with Crippen molar-refractivity contribution in [2.75, 3.05) is 5.73 Å². The summed E-state index contributed by atoms with van der Waals surface area (Å²) in [5.41, 5.74) is 6.73. The normalized spacial score (nSPS) is 11.6. The highest BCUT2D eigenvalue weighted by Crippen LogP contribution is 2.32. The van der Waals surface area contributed by atoms with Crippen molar-refractivity contribution in [3.8, 4) is 11.1 Å². The fourth-order valence-electron chi connectivity index (χ4n) is 1.53. The van der Waals surface area contributed by atoms with E-state index in [1.54, 1.807) is 6.07 Å². The molecule has 0 atom stereocenters. The number of rotatable bonds is 1. The molecule has 2 rings (SSSR count). The van der Waals surface area contributed by atoms with Gasteiger partial charge in [-0.3, -0.25) is 0 Å². The smallest absolute Gasteiger partial charge is 0.397 e. The third kappa shape index (κ3) is 2.64. The van der Waals surface area contributed by atoms with Gasteiger partial charge in [-0.25, -0.2) is 4.98 Å². The maximum atomic E-state index is 12.4. The SMILES string of the molecule is Nc1cnc(Br)cc1-c1ccc(C(F)(F)F)cc1. The number of benzene rings is 1. The third-order valence-corrected chi connectivity index (χ3v) is 2.86. The van der Waals surface area contributed by atoms with E-state index in [1.165, 1.54) is 18.3 Å². The fourth-order valence-corrected chi connectivity index (χ4v) is 1.86. The Bertz CT molecular complexity index is 565. The number of anilines is 1. The first-order chi connectivity index (χ1) is 8.38. The Morgan fingerprint density at radius 3 is 2.28 bits per heavy atom. The van der Waals surface area contributed by atoms with Crippen LogP contribution in [0.5, 0.6) is 0 Å². The Hall–Kier alpha value is -1.56. The van der Waals surface area contributed by atoms with E-state index in [2.05, 4.69) is 20.9 Å². The van der Waals surface area contributed by atoms with E-state index in [9.17, 15) is 13.2 Å². The molecule has 0 saturated heterocycles. The molecular formula is C12H8BrF3N2. The lowest BCUT2D eigenvalue weighted by atomic mass is 10.0. The van der Waals surface area contributed by atoms with E-state index in [4.69, 9.17) is 5.73 Å². The first kappa shape index (κ1) is 12.9. The summed E-state index contributed by atoms with van der Waals surface area (Å²) in [6.07, 6.45) is -2.88. The molecule has 6 heteroatoms. The van der Waals surface area contributed by atoms with Gasteiger partial charge in [-0.2, -0.15) is 13.2 Å². The lowest BCUT2D eigenvalue weighted by molar-refractivity contribution is -0.137. The summed E-state index contributed by atoms with van der Waals surface area (Å²) in [6.45, 7) is 0. The molecule has 0 fully saturated rings. The molecule has 0 unspecified atom stereocenters. The van der Waals surface area contributed by atoms with E-state index in [1.807, 2.05) is 0 Å². The van der Waals surface area contributed by atoms with Crippen molar-refractivity contribution in [1.29, 1.82) is 0 Å². The van der Waals surface area contributed by atoms with Gasteiger partial charge < -0.3 is 5.73 Å². The largest absolute Gasteiger partial charge is 0.416 e. The lowest BCUT2D eigenvalue weighted by Gasteiger charge is -2.09. The Kier molecular flexibility index (Phi) is 3.30. The number of aromatic nitrogens is 1. The fraction of sp³-hybridized carbons (Fsp3) is 0.0833. The number of halogens is 4. The number of hydrogen-bond donors (Lipinski definition) is 1. The van der Waals surface area contributed by atoms with Crippen LogP contribution in [-0.2, 0) is 6.18 Å². The first-order valence-corrected chi connectivity index (χ1v) is 5.76. The van der Waals surface area contributed by atoms with Crippen LogP contribution in [-0.4, -0.2) is 4.98 Å². The van der Waals surface area contributed by atoms with Crippen molar-refractivity contribution in [3.05, 3.63) is 46.7 Å². The minimum Gasteiger partial charge on any atom is -0.397 e. The van der Waals surface area contributed by atoms with Crippen LogP contribution in [0.15, 0.2) is 41.1 Å². The molecule has 1 aromatic carbocycles. The number of hydrogen-bond acceptors (Lipinski definition) is 2. The molecule has 0 spiro atoms. The summed E-state index contributed by atoms with van der Waals surface area (Å²) in [5.74, 6) is 0. The summed E-state index contributed by atoms with van der Waals surface area (Å²) in [5, 5.41) is 0. The second kappa shape index (κ2) is 4.61. The minimum absolute atomic E-state index is 0.415. The molecule has 1 aromatic heterocycles. The van der Waals surface area contributed by atoms with Gasteiger partial charge in [-0.05, 0) is 39.7 Å². The topological polar surface area (TPSA) is 38.9 Å². The molecule has 0 aliphatic heterocycles. The van der Waals surface area contributed by atoms with Crippen molar-refractivity contribution < 1.29 is 13.2 Å². The van der Waals surface area contributed by atoms with Crippen LogP contribution in [0.3, 0.4) is 0 Å². The van der Waals surface area contributed by atoms with Gasteiger partial charge in [-0.15, -0.1) is 0 Å². The van der Waals surface area contributed by atoms with Crippen LogP contribution < -0.4 is 5.73 Å². The highest BCUT2D eigenvalue weighted by molar-refractivity contribution is 9.10. The number of alkyl halides is 3. The standard InChI is InChI=1S/C12H8BrF3N2/c13-11-5-9(10(17)6-18-11)7-1-3-8(4-2-7)12(14,15)16/h1-6H,17H2. The van der Waals surface area contributed by atoms with Gasteiger partial charge in [0.15, 0.2) is 0 Å². The van der Waals surface area contributed by atoms with Crippen LogP contribution in [0, 0.1) is 0 Å². The average molecular weight is 317 g/mol. The summed E-state index contributed by atoms with van der Waals surface area (Å²) in [7, 11) is 0. The summed E-state index contributed by atoms with van der Waals surface area (Å²) in [6, 6.07) is 6.51. The van der Waals surface area contributed by atoms with Gasteiger partial charge in [0.25, 0.3) is 0 Å². The van der Waals surface area contributed by atoms with Crippen molar-refractivity contribution in [2.45, 2.75) is 6.18 Å². The van der Waals surface area contributed by atoms with Crippen LogP contribution in [0.2, 0.25) is 0 Å². The summed E-state index contributed by atoms with van der Waals surface area (Å²) >= 11 is 3.19. The predicted octanol–water partition coefficient (Wildman–Crippen LogP) is 4.11. The van der Waals surface area contributed by atoms with Crippen molar-refractivity contribution >= 4 is 21.6 Å². The maximum absolute atomic E-state index is 12.4. The Morgan fingerprint density at radius 2 is 1.72 bits per heavy atom. The van der Waals surface area contributed by atoms with E-state index in [-0.39, 0.29) is 0 Å². The molecule has 0 aliphatic rings. The number of nitrogen functional groups attached to an aromatic ring is 1. The van der Waals surface area contributed by atoms with Gasteiger partial charge >= 0.3 is 6.18 Å².